The Kier molecular flexibility index (Phi) is 10.0. The van der Waals surface area contributed by atoms with Crippen LogP contribution in [0.1, 0.15) is 44.7 Å². The number of rotatable bonds is 12. The van der Waals surface area contributed by atoms with Crippen LogP contribution >= 0.6 is 0 Å². The van der Waals surface area contributed by atoms with Crippen LogP contribution in [0, 0.1) is 0 Å². The van der Waals surface area contributed by atoms with Crippen LogP contribution in [-0.2, 0) is 22.6 Å². The first-order chi connectivity index (χ1) is 15.8. The van der Waals surface area contributed by atoms with Crippen molar-refractivity contribution in [2.24, 2.45) is 0 Å². The van der Waals surface area contributed by atoms with Gasteiger partial charge in [0.1, 0.15) is 11.8 Å². The van der Waals surface area contributed by atoms with E-state index in [2.05, 4.69) is 5.32 Å². The zero-order valence-corrected chi connectivity index (χ0v) is 20.5. The molecule has 0 heterocycles. The van der Waals surface area contributed by atoms with Gasteiger partial charge in [0.2, 0.25) is 11.8 Å². The van der Waals surface area contributed by atoms with Crippen molar-refractivity contribution >= 4 is 11.8 Å². The Morgan fingerprint density at radius 1 is 0.939 bits per heavy atom. The molecule has 2 aromatic carbocycles. The molecule has 7 nitrogen and oxygen atoms in total. The molecule has 0 unspecified atom stereocenters. The minimum Gasteiger partial charge on any atom is -0.497 e. The van der Waals surface area contributed by atoms with Gasteiger partial charge in [0.15, 0.2) is 11.5 Å². The Bertz CT molecular complexity index is 931. The minimum atomic E-state index is -0.608. The van der Waals surface area contributed by atoms with Crippen LogP contribution in [0.5, 0.6) is 17.2 Å². The molecule has 0 aromatic heterocycles. The highest BCUT2D eigenvalue weighted by atomic mass is 16.5. The smallest absolute Gasteiger partial charge is 0.242 e. The van der Waals surface area contributed by atoms with Gasteiger partial charge in [-0.3, -0.25) is 9.59 Å². The molecule has 33 heavy (non-hydrogen) atoms. The summed E-state index contributed by atoms with van der Waals surface area (Å²) >= 11 is 0. The van der Waals surface area contributed by atoms with E-state index in [4.69, 9.17) is 14.2 Å². The molecule has 0 aliphatic carbocycles. The Balaban J connectivity index is 2.20. The summed E-state index contributed by atoms with van der Waals surface area (Å²) < 4.78 is 16.0. The van der Waals surface area contributed by atoms with Crippen molar-refractivity contribution in [2.45, 2.75) is 58.7 Å². The van der Waals surface area contributed by atoms with E-state index in [1.807, 2.05) is 56.3 Å². The average molecular weight is 457 g/mol. The van der Waals surface area contributed by atoms with Gasteiger partial charge in [-0.1, -0.05) is 25.1 Å². The summed E-state index contributed by atoms with van der Waals surface area (Å²) in [4.78, 5) is 27.8. The lowest BCUT2D eigenvalue weighted by Crippen LogP contribution is -2.49. The molecule has 2 atom stereocenters. The molecule has 0 bridgehead atoms. The fourth-order valence-corrected chi connectivity index (χ4v) is 3.45. The summed E-state index contributed by atoms with van der Waals surface area (Å²) in [6, 6.07) is 12.6. The number of hydrogen-bond donors (Lipinski definition) is 1. The summed E-state index contributed by atoms with van der Waals surface area (Å²) in [6.07, 6.45) is 1.61. The maximum absolute atomic E-state index is 13.3. The zero-order valence-electron chi connectivity index (χ0n) is 20.5. The van der Waals surface area contributed by atoms with Crippen LogP contribution in [0.25, 0.3) is 0 Å². The van der Waals surface area contributed by atoms with Crippen molar-refractivity contribution in [3.05, 3.63) is 53.6 Å². The molecular weight excluding hydrogens is 420 g/mol. The SMILES string of the molecule is CC[C@H](C)NC(=O)[C@H](C)N(Cc1cccc(OC)c1)C(=O)CCc1ccc(OC)c(OC)c1. The first kappa shape index (κ1) is 26.0. The molecule has 7 heteroatoms. The lowest BCUT2D eigenvalue weighted by Gasteiger charge is -2.30. The van der Waals surface area contributed by atoms with E-state index in [9.17, 15) is 9.59 Å². The van der Waals surface area contributed by atoms with Gasteiger partial charge in [-0.15, -0.1) is 0 Å². The third-order valence-corrected chi connectivity index (χ3v) is 5.73. The van der Waals surface area contributed by atoms with Crippen LogP contribution in [0.4, 0.5) is 0 Å². The average Bonchev–Trinajstić information content (AvgIpc) is 2.84. The molecule has 2 aromatic rings. The van der Waals surface area contributed by atoms with Gasteiger partial charge < -0.3 is 24.4 Å². The van der Waals surface area contributed by atoms with Gasteiger partial charge in [0, 0.05) is 19.0 Å². The molecular formula is C26H36N2O5. The maximum atomic E-state index is 13.3. The van der Waals surface area contributed by atoms with Gasteiger partial charge in [-0.25, -0.2) is 0 Å². The molecule has 0 fully saturated rings. The quantitative estimate of drug-likeness (QED) is 0.523. The summed E-state index contributed by atoms with van der Waals surface area (Å²) in [5.41, 5.74) is 1.86. The lowest BCUT2D eigenvalue weighted by atomic mass is 10.1. The highest BCUT2D eigenvalue weighted by Gasteiger charge is 2.26. The van der Waals surface area contributed by atoms with Gasteiger partial charge >= 0.3 is 0 Å². The summed E-state index contributed by atoms with van der Waals surface area (Å²) in [6.45, 7) is 6.05. The molecule has 0 radical (unpaired) electrons. The summed E-state index contributed by atoms with van der Waals surface area (Å²) in [7, 11) is 4.77. The second-order valence-electron chi connectivity index (χ2n) is 8.06. The highest BCUT2D eigenvalue weighted by molar-refractivity contribution is 5.87. The second-order valence-corrected chi connectivity index (χ2v) is 8.06. The van der Waals surface area contributed by atoms with E-state index in [-0.39, 0.29) is 24.3 Å². The molecule has 1 N–H and O–H groups in total. The van der Waals surface area contributed by atoms with Crippen LogP contribution in [0.2, 0.25) is 0 Å². The predicted octanol–water partition coefficient (Wildman–Crippen LogP) is 3.98. The van der Waals surface area contributed by atoms with Crippen molar-refractivity contribution in [2.75, 3.05) is 21.3 Å². The Labute approximate surface area is 197 Å². The Morgan fingerprint density at radius 3 is 2.30 bits per heavy atom. The molecule has 0 aliphatic rings. The van der Waals surface area contributed by atoms with E-state index in [1.54, 1.807) is 33.2 Å². The number of aryl methyl sites for hydroxylation is 1. The number of carbonyl (C=O) groups excluding carboxylic acids is 2. The van der Waals surface area contributed by atoms with Gasteiger partial charge in [0.05, 0.1) is 21.3 Å². The van der Waals surface area contributed by atoms with E-state index >= 15 is 0 Å². The number of amides is 2. The summed E-state index contributed by atoms with van der Waals surface area (Å²) in [5, 5.41) is 2.99. The van der Waals surface area contributed by atoms with Crippen LogP contribution in [-0.4, -0.2) is 50.1 Å². The lowest BCUT2D eigenvalue weighted by molar-refractivity contribution is -0.140. The van der Waals surface area contributed by atoms with Gasteiger partial charge in [-0.05, 0) is 62.1 Å². The Hall–Kier alpha value is -3.22. The highest BCUT2D eigenvalue weighted by Crippen LogP contribution is 2.28. The third-order valence-electron chi connectivity index (χ3n) is 5.73. The monoisotopic (exact) mass is 456 g/mol. The topological polar surface area (TPSA) is 77.1 Å². The van der Waals surface area contributed by atoms with Gasteiger partial charge in [-0.2, -0.15) is 0 Å². The predicted molar refractivity (Wildman–Crippen MR) is 129 cm³/mol. The standard InChI is InChI=1S/C26H36N2O5/c1-7-18(2)27-26(30)19(3)28(17-21-9-8-10-22(15-21)31-4)25(29)14-12-20-11-13-23(32-5)24(16-20)33-6/h8-11,13,15-16,18-19H,7,12,14,17H2,1-6H3,(H,27,30)/t18-,19-/m0/s1. The third kappa shape index (κ3) is 7.41. The molecule has 0 saturated carbocycles. The largest absolute Gasteiger partial charge is 0.497 e. The minimum absolute atomic E-state index is 0.0421. The van der Waals surface area contributed by atoms with Crippen molar-refractivity contribution < 1.29 is 23.8 Å². The molecule has 2 amide bonds. The number of ether oxygens (including phenoxy) is 3. The van der Waals surface area contributed by atoms with Crippen LogP contribution in [0.3, 0.4) is 0 Å². The van der Waals surface area contributed by atoms with Crippen molar-refractivity contribution in [1.82, 2.24) is 10.2 Å². The summed E-state index contributed by atoms with van der Waals surface area (Å²) in [5.74, 6) is 1.72. The molecule has 0 spiro atoms. The number of hydrogen-bond acceptors (Lipinski definition) is 5. The number of benzene rings is 2. The van der Waals surface area contributed by atoms with Crippen LogP contribution < -0.4 is 19.5 Å². The Morgan fingerprint density at radius 2 is 1.67 bits per heavy atom. The molecule has 180 valence electrons. The first-order valence-corrected chi connectivity index (χ1v) is 11.3. The van der Waals surface area contributed by atoms with Crippen LogP contribution in [0.15, 0.2) is 42.5 Å². The van der Waals surface area contributed by atoms with E-state index in [0.29, 0.717) is 30.2 Å². The van der Waals surface area contributed by atoms with E-state index < -0.39 is 6.04 Å². The van der Waals surface area contributed by atoms with E-state index in [1.165, 1.54) is 0 Å². The fraction of sp³-hybridized carbons (Fsp3) is 0.462. The number of methoxy groups -OCH3 is 3. The van der Waals surface area contributed by atoms with E-state index in [0.717, 1.165) is 17.5 Å². The number of carbonyl (C=O) groups is 2. The number of nitrogens with zero attached hydrogens (tertiary/aromatic N) is 1. The zero-order chi connectivity index (χ0) is 24.4. The number of nitrogens with one attached hydrogen (secondary N) is 1. The van der Waals surface area contributed by atoms with Crippen molar-refractivity contribution in [3.63, 3.8) is 0 Å². The molecule has 0 aliphatic heterocycles. The van der Waals surface area contributed by atoms with Crippen molar-refractivity contribution in [3.8, 4) is 17.2 Å². The second kappa shape index (κ2) is 12.7. The molecule has 2 rings (SSSR count). The maximum Gasteiger partial charge on any atom is 0.242 e. The molecule has 0 saturated heterocycles. The normalized spacial score (nSPS) is 12.4. The fourth-order valence-electron chi connectivity index (χ4n) is 3.45. The van der Waals surface area contributed by atoms with Gasteiger partial charge in [0.25, 0.3) is 0 Å². The first-order valence-electron chi connectivity index (χ1n) is 11.3. The van der Waals surface area contributed by atoms with Crippen molar-refractivity contribution in [1.29, 1.82) is 0 Å².